The van der Waals surface area contributed by atoms with E-state index in [2.05, 4.69) is 233 Å². The van der Waals surface area contributed by atoms with Crippen molar-refractivity contribution in [3.63, 3.8) is 0 Å². The van der Waals surface area contributed by atoms with E-state index >= 15 is 0 Å². The van der Waals surface area contributed by atoms with E-state index in [-0.39, 0.29) is 0 Å². The van der Waals surface area contributed by atoms with Crippen LogP contribution in [-0.2, 0) is 0 Å². The summed E-state index contributed by atoms with van der Waals surface area (Å²) in [4.78, 5) is 0. The predicted molar refractivity (Wildman–Crippen MR) is 265 cm³/mol. The van der Waals surface area contributed by atoms with Gasteiger partial charge in [-0.05, 0) is 66.5 Å². The molecule has 0 aromatic carbocycles. The summed E-state index contributed by atoms with van der Waals surface area (Å²) in [6, 6.07) is 0. The van der Waals surface area contributed by atoms with Crippen molar-refractivity contribution in [1.82, 2.24) is 0 Å². The summed E-state index contributed by atoms with van der Waals surface area (Å²) < 4.78 is 0. The highest BCUT2D eigenvalue weighted by atomic mass is 28.3. The molecule has 1 aliphatic rings. The van der Waals surface area contributed by atoms with Crippen LogP contribution in [0, 0.1) is 44.3 Å². The van der Waals surface area contributed by atoms with Gasteiger partial charge in [-0.15, -0.1) is 44.3 Å². The molecule has 0 aromatic heterocycles. The summed E-state index contributed by atoms with van der Waals surface area (Å²) in [5, 5.41) is 0. The molecule has 1 rings (SSSR count). The van der Waals surface area contributed by atoms with Gasteiger partial charge in [-0.1, -0.05) is 189 Å². The lowest BCUT2D eigenvalue weighted by molar-refractivity contribution is 0.917. The molecule has 0 fully saturated rings. The van der Waals surface area contributed by atoms with Crippen molar-refractivity contribution in [1.29, 1.82) is 0 Å². The molecule has 0 spiro atoms. The first-order valence-corrected chi connectivity index (χ1v) is 35.4. The van der Waals surface area contributed by atoms with Crippen LogP contribution in [0.3, 0.4) is 0 Å². The summed E-state index contributed by atoms with van der Waals surface area (Å²) in [5.41, 5.74) is 51.2. The van der Waals surface area contributed by atoms with Crippen molar-refractivity contribution >= 4 is 48.4 Å². The quantitative estimate of drug-likeness (QED) is 0.136. The molecular weight excluding hydrogens is 745 g/mol. The van der Waals surface area contributed by atoms with Gasteiger partial charge < -0.3 is 0 Å². The summed E-state index contributed by atoms with van der Waals surface area (Å²) >= 11 is 0. The third-order valence-corrected chi connectivity index (χ3v) is 46.0. The average molecular weight is 834 g/mol. The van der Waals surface area contributed by atoms with Crippen LogP contribution in [0.15, 0.2) is 22.8 Å². The Bertz CT molecular complexity index is 1400. The molecule has 0 nitrogen and oxygen atoms in total. The standard InChI is InChI=1S/C48H88Si6/c1-37(2)49(38(3)4)25-27-50(39(5)6,40(7)8)29-31-52(43(13)14,44(15)16)33-35-54(47(21)22,48(23)24)36-34-53(45(17)18,46(19)20)32-30-51(28-26-49,41(9)10)42(11)12/h25-28,37-48H,1-24H3/b27-25-,28-26-. The van der Waals surface area contributed by atoms with Gasteiger partial charge in [0.05, 0.1) is 0 Å². The largest absolute Gasteiger partial charge is 0.220 e. The highest BCUT2D eigenvalue weighted by Gasteiger charge is 2.47. The highest BCUT2D eigenvalue weighted by Crippen LogP contribution is 2.43. The maximum atomic E-state index is 4.32. The van der Waals surface area contributed by atoms with Crippen molar-refractivity contribution in [2.24, 2.45) is 0 Å². The van der Waals surface area contributed by atoms with Gasteiger partial charge in [0.15, 0.2) is 16.1 Å². The predicted octanol–water partition coefficient (Wildman–Crippen LogP) is 15.2. The summed E-state index contributed by atoms with van der Waals surface area (Å²) in [7, 11) is -13.9. The molecule has 0 aromatic rings. The maximum absolute atomic E-state index is 4.32. The maximum Gasteiger partial charge on any atom is 0.220 e. The lowest BCUT2D eigenvalue weighted by Gasteiger charge is -2.39. The minimum Gasteiger partial charge on any atom is -0.131 e. The van der Waals surface area contributed by atoms with E-state index in [9.17, 15) is 0 Å². The lowest BCUT2D eigenvalue weighted by atomic mass is 10.5. The number of hydrogen-bond donors (Lipinski definition) is 0. The number of rotatable bonds is 12. The van der Waals surface area contributed by atoms with Crippen LogP contribution in [0.25, 0.3) is 0 Å². The van der Waals surface area contributed by atoms with Crippen LogP contribution >= 0.6 is 0 Å². The fourth-order valence-corrected chi connectivity index (χ4v) is 36.9. The summed E-state index contributed by atoms with van der Waals surface area (Å²) in [6.07, 6.45) is 0. The fourth-order valence-electron chi connectivity index (χ4n) is 9.48. The molecule has 0 bridgehead atoms. The number of hydrogen-bond acceptors (Lipinski definition) is 0. The van der Waals surface area contributed by atoms with Crippen molar-refractivity contribution in [2.45, 2.75) is 233 Å². The Morgan fingerprint density at radius 1 is 0.222 bits per heavy atom. The lowest BCUT2D eigenvalue weighted by Crippen LogP contribution is -2.47. The molecule has 0 N–H and O–H groups in total. The van der Waals surface area contributed by atoms with E-state index in [4.69, 9.17) is 0 Å². The SMILES string of the molecule is CC(C)[Si]1(C(C)C)C#C[Si](C(C)C)(C(C)C)C#C[Si](C(C)C)(C(C)C)/C=C\[Si](C(C)C)(C(C)C)/C=C\[Si](C(C)C)(C(C)C)C#C[Si](C(C)C)(C(C)C)C#C1. The molecule has 0 unspecified atom stereocenters. The fraction of sp³-hybridized carbons (Fsp3) is 0.750. The van der Waals surface area contributed by atoms with Crippen molar-refractivity contribution < 1.29 is 0 Å². The van der Waals surface area contributed by atoms with E-state index in [1.165, 1.54) is 0 Å². The Morgan fingerprint density at radius 2 is 0.407 bits per heavy atom. The molecule has 0 radical (unpaired) electrons. The second kappa shape index (κ2) is 19.6. The first-order valence-electron chi connectivity index (χ1n) is 22.1. The van der Waals surface area contributed by atoms with Crippen LogP contribution < -0.4 is 0 Å². The van der Waals surface area contributed by atoms with E-state index in [1.807, 2.05) is 0 Å². The molecule has 0 atom stereocenters. The summed E-state index contributed by atoms with van der Waals surface area (Å²) in [5.74, 6) is 0. The van der Waals surface area contributed by atoms with E-state index in [0.717, 1.165) is 0 Å². The minimum absolute atomic E-state index is 0.427. The molecule has 6 heteroatoms. The van der Waals surface area contributed by atoms with Crippen LogP contribution in [0.2, 0.25) is 66.5 Å². The molecule has 1 heterocycles. The third-order valence-electron chi connectivity index (χ3n) is 14.5. The zero-order valence-electron chi connectivity index (χ0n) is 40.2. The van der Waals surface area contributed by atoms with Crippen LogP contribution in [-0.4, -0.2) is 48.4 Å². The van der Waals surface area contributed by atoms with Gasteiger partial charge in [-0.25, -0.2) is 0 Å². The Morgan fingerprint density at radius 3 is 0.556 bits per heavy atom. The first kappa shape index (κ1) is 51.0. The molecule has 54 heavy (non-hydrogen) atoms. The van der Waals surface area contributed by atoms with Gasteiger partial charge in [0.2, 0.25) is 24.2 Å². The minimum atomic E-state index is -2.44. The Hall–Kier alpha value is -0.979. The van der Waals surface area contributed by atoms with Crippen LogP contribution in [0.4, 0.5) is 0 Å². The van der Waals surface area contributed by atoms with Crippen molar-refractivity contribution in [3.05, 3.63) is 22.8 Å². The monoisotopic (exact) mass is 833 g/mol. The normalized spacial score (nSPS) is 21.6. The Balaban J connectivity index is 5.08. The molecule has 0 saturated heterocycles. The van der Waals surface area contributed by atoms with Crippen LogP contribution in [0.1, 0.15) is 166 Å². The van der Waals surface area contributed by atoms with Gasteiger partial charge in [0.25, 0.3) is 0 Å². The van der Waals surface area contributed by atoms with Crippen molar-refractivity contribution in [2.75, 3.05) is 0 Å². The second-order valence-corrected chi connectivity index (χ2v) is 49.1. The van der Waals surface area contributed by atoms with Gasteiger partial charge in [-0.2, -0.15) is 0 Å². The van der Waals surface area contributed by atoms with E-state index in [1.54, 1.807) is 0 Å². The topological polar surface area (TPSA) is 0 Å². The molecule has 0 aliphatic carbocycles. The average Bonchev–Trinajstić information content (AvgIpc) is 3.02. The zero-order chi connectivity index (χ0) is 42.4. The molecule has 0 saturated carbocycles. The Labute approximate surface area is 346 Å². The highest BCUT2D eigenvalue weighted by molar-refractivity contribution is 7.05. The summed E-state index contributed by atoms with van der Waals surface area (Å²) in [6.45, 7) is 58.8. The van der Waals surface area contributed by atoms with Gasteiger partial charge >= 0.3 is 0 Å². The van der Waals surface area contributed by atoms with Crippen LogP contribution in [0.5, 0.6) is 0 Å². The van der Waals surface area contributed by atoms with Gasteiger partial charge in [-0.3, -0.25) is 0 Å². The smallest absolute Gasteiger partial charge is 0.131 e. The van der Waals surface area contributed by atoms with Gasteiger partial charge in [0.1, 0.15) is 8.07 Å². The first-order chi connectivity index (χ1) is 24.6. The third kappa shape index (κ3) is 9.99. The van der Waals surface area contributed by atoms with E-state index in [0.29, 0.717) is 66.5 Å². The molecular formula is C48H88Si6. The molecule has 304 valence electrons. The zero-order valence-corrected chi connectivity index (χ0v) is 46.2. The molecule has 1 aliphatic heterocycles. The van der Waals surface area contributed by atoms with E-state index < -0.39 is 48.4 Å². The van der Waals surface area contributed by atoms with Crippen molar-refractivity contribution in [3.8, 4) is 44.3 Å². The Kier molecular flexibility index (Phi) is 18.6. The second-order valence-electron chi connectivity index (χ2n) is 21.0. The van der Waals surface area contributed by atoms with Gasteiger partial charge in [0, 0.05) is 0 Å². The molecule has 0 amide bonds.